The van der Waals surface area contributed by atoms with Gasteiger partial charge in [0.1, 0.15) is 0 Å². The van der Waals surface area contributed by atoms with Crippen molar-refractivity contribution in [3.63, 3.8) is 0 Å². The average Bonchev–Trinajstić information content (AvgIpc) is 2.88. The van der Waals surface area contributed by atoms with E-state index in [9.17, 15) is 4.79 Å². The maximum Gasteiger partial charge on any atom is 0.337 e. The Kier molecular flexibility index (Phi) is 3.50. The van der Waals surface area contributed by atoms with E-state index in [2.05, 4.69) is 15.3 Å². The van der Waals surface area contributed by atoms with Gasteiger partial charge < -0.3 is 15.0 Å². The Morgan fingerprint density at radius 2 is 2.14 bits per heavy atom. The number of benzene rings is 2. The number of H-pyrrole nitrogens is 1. The maximum atomic E-state index is 11.5. The standard InChI is InChI=1S/C15H12ClN3O2/c1-21-14(20)9-3-2-4-11(7-9)17-15-18-12-6-5-10(16)8-13(12)19-15/h2-8H,1H3,(H2,17,18,19). The zero-order chi connectivity index (χ0) is 14.8. The van der Waals surface area contributed by atoms with Gasteiger partial charge in [-0.3, -0.25) is 0 Å². The predicted octanol–water partition coefficient (Wildman–Crippen LogP) is 3.75. The number of imidazole rings is 1. The van der Waals surface area contributed by atoms with Gasteiger partial charge in [0.25, 0.3) is 0 Å². The molecule has 0 saturated carbocycles. The van der Waals surface area contributed by atoms with Crippen molar-refractivity contribution in [1.82, 2.24) is 9.97 Å². The molecule has 0 aliphatic heterocycles. The third-order valence-corrected chi connectivity index (χ3v) is 3.23. The lowest BCUT2D eigenvalue weighted by atomic mass is 10.2. The number of fused-ring (bicyclic) bond motifs is 1. The van der Waals surface area contributed by atoms with Crippen molar-refractivity contribution in [2.45, 2.75) is 0 Å². The van der Waals surface area contributed by atoms with Gasteiger partial charge in [-0.1, -0.05) is 17.7 Å². The summed E-state index contributed by atoms with van der Waals surface area (Å²) in [6.45, 7) is 0. The Labute approximate surface area is 125 Å². The Hall–Kier alpha value is -2.53. The zero-order valence-electron chi connectivity index (χ0n) is 11.2. The van der Waals surface area contributed by atoms with Gasteiger partial charge in [0.15, 0.2) is 0 Å². The minimum atomic E-state index is -0.380. The van der Waals surface area contributed by atoms with Gasteiger partial charge in [0.05, 0.1) is 23.7 Å². The highest BCUT2D eigenvalue weighted by Crippen LogP contribution is 2.21. The molecule has 0 atom stereocenters. The van der Waals surface area contributed by atoms with Gasteiger partial charge >= 0.3 is 5.97 Å². The van der Waals surface area contributed by atoms with Crippen LogP contribution in [0.4, 0.5) is 11.6 Å². The van der Waals surface area contributed by atoms with Crippen LogP contribution in [0.15, 0.2) is 42.5 Å². The number of nitrogens with zero attached hydrogens (tertiary/aromatic N) is 1. The molecule has 0 fully saturated rings. The molecule has 0 aliphatic rings. The minimum absolute atomic E-state index is 0.380. The topological polar surface area (TPSA) is 67.0 Å². The molecule has 0 spiro atoms. The van der Waals surface area contributed by atoms with E-state index in [1.54, 1.807) is 30.3 Å². The van der Waals surface area contributed by atoms with Crippen LogP contribution < -0.4 is 5.32 Å². The molecule has 5 nitrogen and oxygen atoms in total. The first-order chi connectivity index (χ1) is 10.2. The van der Waals surface area contributed by atoms with E-state index in [1.807, 2.05) is 12.1 Å². The number of hydrogen-bond donors (Lipinski definition) is 2. The first-order valence-electron chi connectivity index (χ1n) is 6.26. The van der Waals surface area contributed by atoms with Crippen molar-refractivity contribution in [2.75, 3.05) is 12.4 Å². The fraction of sp³-hybridized carbons (Fsp3) is 0.0667. The molecule has 0 aliphatic carbocycles. The number of ether oxygens (including phenoxy) is 1. The van der Waals surface area contributed by atoms with Crippen LogP contribution in [-0.4, -0.2) is 23.0 Å². The van der Waals surface area contributed by atoms with Crippen LogP contribution in [0.2, 0.25) is 5.02 Å². The summed E-state index contributed by atoms with van der Waals surface area (Å²) in [7, 11) is 1.35. The number of methoxy groups -OCH3 is 1. The van der Waals surface area contributed by atoms with Crippen molar-refractivity contribution in [1.29, 1.82) is 0 Å². The van der Waals surface area contributed by atoms with Crippen LogP contribution >= 0.6 is 11.6 Å². The average molecular weight is 302 g/mol. The molecule has 0 unspecified atom stereocenters. The van der Waals surface area contributed by atoms with Gasteiger partial charge in [0.2, 0.25) is 5.95 Å². The monoisotopic (exact) mass is 301 g/mol. The summed E-state index contributed by atoms with van der Waals surface area (Å²) in [5.74, 6) is 0.198. The largest absolute Gasteiger partial charge is 0.465 e. The first kappa shape index (κ1) is 13.5. The highest BCUT2D eigenvalue weighted by molar-refractivity contribution is 6.31. The number of carbonyl (C=O) groups is 1. The van der Waals surface area contributed by atoms with Crippen LogP contribution in [0, 0.1) is 0 Å². The van der Waals surface area contributed by atoms with E-state index in [-0.39, 0.29) is 5.97 Å². The van der Waals surface area contributed by atoms with E-state index in [0.29, 0.717) is 16.5 Å². The van der Waals surface area contributed by atoms with Crippen molar-refractivity contribution in [3.8, 4) is 0 Å². The van der Waals surface area contributed by atoms with E-state index < -0.39 is 0 Å². The lowest BCUT2D eigenvalue weighted by Crippen LogP contribution is -2.02. The molecule has 3 aromatic rings. The number of carbonyl (C=O) groups excluding carboxylic acids is 1. The fourth-order valence-electron chi connectivity index (χ4n) is 2.02. The van der Waals surface area contributed by atoms with Gasteiger partial charge in [-0.05, 0) is 36.4 Å². The number of aromatic amines is 1. The van der Waals surface area contributed by atoms with E-state index >= 15 is 0 Å². The number of aromatic nitrogens is 2. The highest BCUT2D eigenvalue weighted by Gasteiger charge is 2.07. The predicted molar refractivity (Wildman–Crippen MR) is 82.2 cm³/mol. The molecule has 0 radical (unpaired) electrons. The number of rotatable bonds is 3. The SMILES string of the molecule is COC(=O)c1cccc(Nc2nc3ccc(Cl)cc3[nH]2)c1. The molecule has 106 valence electrons. The van der Waals surface area contributed by atoms with Gasteiger partial charge in [-0.2, -0.15) is 0 Å². The molecular formula is C15H12ClN3O2. The van der Waals surface area contributed by atoms with Crippen LogP contribution in [0.25, 0.3) is 11.0 Å². The lowest BCUT2D eigenvalue weighted by molar-refractivity contribution is 0.0601. The maximum absolute atomic E-state index is 11.5. The highest BCUT2D eigenvalue weighted by atomic mass is 35.5. The fourth-order valence-corrected chi connectivity index (χ4v) is 2.19. The number of halogens is 1. The molecular weight excluding hydrogens is 290 g/mol. The summed E-state index contributed by atoms with van der Waals surface area (Å²) in [6.07, 6.45) is 0. The van der Waals surface area contributed by atoms with Crippen molar-refractivity contribution >= 4 is 40.2 Å². The Morgan fingerprint density at radius 3 is 2.95 bits per heavy atom. The zero-order valence-corrected chi connectivity index (χ0v) is 11.9. The van der Waals surface area contributed by atoms with Crippen molar-refractivity contribution in [2.24, 2.45) is 0 Å². The van der Waals surface area contributed by atoms with Gasteiger partial charge in [-0.15, -0.1) is 0 Å². The van der Waals surface area contributed by atoms with Crippen LogP contribution in [-0.2, 0) is 4.74 Å². The molecule has 21 heavy (non-hydrogen) atoms. The minimum Gasteiger partial charge on any atom is -0.465 e. The molecule has 6 heteroatoms. The van der Waals surface area contributed by atoms with Crippen LogP contribution in [0.1, 0.15) is 10.4 Å². The number of esters is 1. The second-order valence-electron chi connectivity index (χ2n) is 4.44. The quantitative estimate of drug-likeness (QED) is 0.723. The third kappa shape index (κ3) is 2.83. The summed E-state index contributed by atoms with van der Waals surface area (Å²) < 4.78 is 4.70. The second kappa shape index (κ2) is 5.46. The first-order valence-corrected chi connectivity index (χ1v) is 6.64. The normalized spacial score (nSPS) is 10.6. The Balaban J connectivity index is 1.89. The molecule has 0 amide bonds. The summed E-state index contributed by atoms with van der Waals surface area (Å²) in [5.41, 5.74) is 2.87. The lowest BCUT2D eigenvalue weighted by Gasteiger charge is -2.04. The number of anilines is 2. The molecule has 2 N–H and O–H groups in total. The molecule has 0 bridgehead atoms. The van der Waals surface area contributed by atoms with Gasteiger partial charge in [-0.25, -0.2) is 9.78 Å². The molecule has 2 aromatic carbocycles. The summed E-state index contributed by atoms with van der Waals surface area (Å²) in [6, 6.07) is 12.4. The third-order valence-electron chi connectivity index (χ3n) is 2.99. The number of nitrogens with one attached hydrogen (secondary N) is 2. The Bertz CT molecular complexity index is 814. The molecule has 1 aromatic heterocycles. The van der Waals surface area contributed by atoms with Crippen molar-refractivity contribution in [3.05, 3.63) is 53.1 Å². The van der Waals surface area contributed by atoms with Crippen molar-refractivity contribution < 1.29 is 9.53 Å². The smallest absolute Gasteiger partial charge is 0.337 e. The summed E-state index contributed by atoms with van der Waals surface area (Å²) in [4.78, 5) is 19.0. The number of hydrogen-bond acceptors (Lipinski definition) is 4. The van der Waals surface area contributed by atoms with E-state index in [0.717, 1.165) is 16.7 Å². The second-order valence-corrected chi connectivity index (χ2v) is 4.88. The van der Waals surface area contributed by atoms with Crippen LogP contribution in [0.5, 0.6) is 0 Å². The van der Waals surface area contributed by atoms with Crippen LogP contribution in [0.3, 0.4) is 0 Å². The molecule has 3 rings (SSSR count). The van der Waals surface area contributed by atoms with E-state index in [4.69, 9.17) is 16.3 Å². The molecule has 1 heterocycles. The molecule has 0 saturated heterocycles. The Morgan fingerprint density at radius 1 is 1.29 bits per heavy atom. The van der Waals surface area contributed by atoms with Gasteiger partial charge in [0, 0.05) is 10.7 Å². The van der Waals surface area contributed by atoms with E-state index in [1.165, 1.54) is 7.11 Å². The summed E-state index contributed by atoms with van der Waals surface area (Å²) >= 11 is 5.94. The summed E-state index contributed by atoms with van der Waals surface area (Å²) in [5, 5.41) is 3.76.